The first-order valence-corrected chi connectivity index (χ1v) is 12.4. The number of unbranched alkanes of at least 4 members (excludes halogenated alkanes) is 2. The molecule has 8 heteroatoms. The van der Waals surface area contributed by atoms with Crippen molar-refractivity contribution in [1.82, 2.24) is 26.6 Å². The van der Waals surface area contributed by atoms with E-state index in [-0.39, 0.29) is 17.9 Å². The molecule has 2 unspecified atom stereocenters. The molecular weight excluding hydrogens is 416 g/mol. The van der Waals surface area contributed by atoms with Crippen LogP contribution in [-0.4, -0.2) is 43.5 Å². The molecule has 0 aromatic heterocycles. The molecule has 0 aliphatic carbocycles. The van der Waals surface area contributed by atoms with Crippen molar-refractivity contribution in [3.8, 4) is 0 Å². The van der Waals surface area contributed by atoms with Crippen LogP contribution in [0.15, 0.2) is 24.3 Å². The average Bonchev–Trinajstić information content (AvgIpc) is 2.85. The Hall–Kier alpha value is -2.61. The molecule has 33 heavy (non-hydrogen) atoms. The van der Waals surface area contributed by atoms with Crippen LogP contribution in [0.4, 0.5) is 4.79 Å². The molecule has 1 heterocycles. The van der Waals surface area contributed by atoms with Gasteiger partial charge in [-0.3, -0.25) is 5.41 Å². The maximum absolute atomic E-state index is 12.2. The monoisotopic (exact) mass is 458 g/mol. The number of benzene rings is 1. The van der Waals surface area contributed by atoms with E-state index in [1.165, 1.54) is 0 Å². The van der Waals surface area contributed by atoms with Crippen LogP contribution in [0.25, 0.3) is 0 Å². The third-order valence-corrected chi connectivity index (χ3v) is 6.30. The van der Waals surface area contributed by atoms with Crippen LogP contribution in [0.3, 0.4) is 0 Å². The van der Waals surface area contributed by atoms with E-state index in [4.69, 9.17) is 5.41 Å². The summed E-state index contributed by atoms with van der Waals surface area (Å²) in [5.41, 5.74) is 1.34. The summed E-state index contributed by atoms with van der Waals surface area (Å²) in [6.07, 6.45) is 7.78. The molecule has 184 valence electrons. The van der Waals surface area contributed by atoms with Crippen molar-refractivity contribution in [2.75, 3.05) is 19.6 Å². The Morgan fingerprint density at radius 2 is 1.76 bits per heavy atom. The lowest BCUT2D eigenvalue weighted by Crippen LogP contribution is -2.60. The number of guanidine groups is 1. The van der Waals surface area contributed by atoms with E-state index >= 15 is 0 Å². The lowest BCUT2D eigenvalue weighted by Gasteiger charge is -2.40. The molecule has 8 nitrogen and oxygen atoms in total. The first-order valence-electron chi connectivity index (χ1n) is 12.4. The molecule has 2 atom stereocenters. The summed E-state index contributed by atoms with van der Waals surface area (Å²) < 4.78 is 0. The van der Waals surface area contributed by atoms with Gasteiger partial charge in [0.2, 0.25) is 0 Å². The summed E-state index contributed by atoms with van der Waals surface area (Å²) in [6.45, 7) is 7.65. The predicted octanol–water partition coefficient (Wildman–Crippen LogP) is 3.03. The summed E-state index contributed by atoms with van der Waals surface area (Å²) in [5, 5.41) is 23.9. The van der Waals surface area contributed by atoms with Crippen LogP contribution in [0.2, 0.25) is 0 Å². The smallest absolute Gasteiger partial charge is 0.315 e. The Bertz CT molecular complexity index is 733. The number of nitrogens with one attached hydrogen (secondary N) is 6. The van der Waals surface area contributed by atoms with Gasteiger partial charge in [-0.1, -0.05) is 57.4 Å². The molecule has 0 saturated carbocycles. The second kappa shape index (κ2) is 14.5. The molecule has 2 rings (SSSR count). The molecule has 0 spiro atoms. The zero-order valence-electron chi connectivity index (χ0n) is 20.3. The number of piperidine rings is 1. The van der Waals surface area contributed by atoms with Gasteiger partial charge in [0.1, 0.15) is 6.29 Å². The van der Waals surface area contributed by atoms with Gasteiger partial charge >= 0.3 is 6.03 Å². The second-order valence-corrected chi connectivity index (χ2v) is 8.94. The van der Waals surface area contributed by atoms with E-state index in [1.54, 1.807) is 0 Å². The number of aldehydes is 1. The van der Waals surface area contributed by atoms with E-state index in [1.807, 2.05) is 24.3 Å². The third kappa shape index (κ3) is 9.04. The van der Waals surface area contributed by atoms with Gasteiger partial charge in [-0.15, -0.1) is 0 Å². The number of rotatable bonds is 13. The Labute approximate surface area is 198 Å². The highest BCUT2D eigenvalue weighted by Gasteiger charge is 2.39. The Morgan fingerprint density at radius 3 is 2.33 bits per heavy atom. The molecule has 2 amide bonds. The zero-order valence-corrected chi connectivity index (χ0v) is 20.3. The highest BCUT2D eigenvalue weighted by atomic mass is 16.2. The topological polar surface area (TPSA) is 118 Å². The molecule has 1 aromatic rings. The van der Waals surface area contributed by atoms with Gasteiger partial charge in [0, 0.05) is 32.1 Å². The van der Waals surface area contributed by atoms with Crippen molar-refractivity contribution >= 4 is 18.3 Å². The van der Waals surface area contributed by atoms with Crippen LogP contribution < -0.4 is 26.6 Å². The molecule has 0 bridgehead atoms. The van der Waals surface area contributed by atoms with Crippen molar-refractivity contribution in [2.45, 2.75) is 77.4 Å². The molecule has 0 radical (unpaired) electrons. The summed E-state index contributed by atoms with van der Waals surface area (Å²) in [4.78, 5) is 24.0. The lowest BCUT2D eigenvalue weighted by molar-refractivity contribution is -0.115. The molecule has 1 saturated heterocycles. The van der Waals surface area contributed by atoms with Crippen LogP contribution in [0, 0.1) is 11.3 Å². The third-order valence-electron chi connectivity index (χ3n) is 6.30. The molecule has 1 aliphatic rings. The highest BCUT2D eigenvalue weighted by molar-refractivity contribution is 5.82. The molecular formula is C25H42N6O2. The number of urea groups is 1. The van der Waals surface area contributed by atoms with Crippen molar-refractivity contribution in [3.05, 3.63) is 35.4 Å². The van der Waals surface area contributed by atoms with E-state index in [0.717, 1.165) is 75.4 Å². The minimum absolute atomic E-state index is 0.149. The molecule has 1 aliphatic heterocycles. The minimum atomic E-state index is -0.708. The van der Waals surface area contributed by atoms with Crippen LogP contribution in [0.1, 0.15) is 69.9 Å². The Balaban J connectivity index is 1.84. The van der Waals surface area contributed by atoms with Crippen LogP contribution in [-0.2, 0) is 17.9 Å². The van der Waals surface area contributed by atoms with Crippen LogP contribution >= 0.6 is 0 Å². The van der Waals surface area contributed by atoms with Gasteiger partial charge in [0.05, 0.1) is 5.54 Å². The van der Waals surface area contributed by atoms with Crippen molar-refractivity contribution in [3.63, 3.8) is 0 Å². The van der Waals surface area contributed by atoms with E-state index in [0.29, 0.717) is 19.6 Å². The maximum atomic E-state index is 12.2. The molecule has 6 N–H and O–H groups in total. The lowest BCUT2D eigenvalue weighted by atomic mass is 9.77. The Kier molecular flexibility index (Phi) is 11.7. The first-order chi connectivity index (χ1) is 16.0. The van der Waals surface area contributed by atoms with Gasteiger partial charge in [0.15, 0.2) is 5.96 Å². The quantitative estimate of drug-likeness (QED) is 0.118. The fourth-order valence-electron chi connectivity index (χ4n) is 4.18. The highest BCUT2D eigenvalue weighted by Crippen LogP contribution is 2.27. The Morgan fingerprint density at radius 1 is 1.09 bits per heavy atom. The van der Waals surface area contributed by atoms with Gasteiger partial charge in [-0.2, -0.15) is 0 Å². The summed E-state index contributed by atoms with van der Waals surface area (Å²) >= 11 is 0. The van der Waals surface area contributed by atoms with Gasteiger partial charge in [-0.25, -0.2) is 4.79 Å². The predicted molar refractivity (Wildman–Crippen MR) is 133 cm³/mol. The number of amides is 2. The summed E-state index contributed by atoms with van der Waals surface area (Å²) in [6, 6.07) is 7.78. The number of hydrogen-bond acceptors (Lipinski definition) is 4. The normalized spacial score (nSPS) is 17.5. The molecule has 1 aromatic carbocycles. The van der Waals surface area contributed by atoms with Gasteiger partial charge in [0.25, 0.3) is 0 Å². The maximum Gasteiger partial charge on any atom is 0.315 e. The minimum Gasteiger partial charge on any atom is -0.352 e. The summed E-state index contributed by atoms with van der Waals surface area (Å²) in [7, 11) is 0. The van der Waals surface area contributed by atoms with Crippen molar-refractivity contribution in [1.29, 1.82) is 5.41 Å². The largest absolute Gasteiger partial charge is 0.352 e. The van der Waals surface area contributed by atoms with Gasteiger partial charge in [-0.05, 0) is 43.4 Å². The van der Waals surface area contributed by atoms with Crippen molar-refractivity contribution < 1.29 is 9.59 Å². The van der Waals surface area contributed by atoms with E-state index in [9.17, 15) is 9.59 Å². The second-order valence-electron chi connectivity index (χ2n) is 8.94. The van der Waals surface area contributed by atoms with Crippen molar-refractivity contribution in [2.24, 2.45) is 5.92 Å². The van der Waals surface area contributed by atoms with Crippen LogP contribution in [0.5, 0.6) is 0 Å². The fraction of sp³-hybridized carbons (Fsp3) is 0.640. The summed E-state index contributed by atoms with van der Waals surface area (Å²) in [5.74, 6) is 0.363. The van der Waals surface area contributed by atoms with E-state index in [2.05, 4.69) is 40.4 Å². The van der Waals surface area contributed by atoms with E-state index < -0.39 is 5.54 Å². The standard InChI is InChI=1S/C25H42N6O2/c1-3-5-13-25(19-32,22-8-7-14-27-18-22)31-23(26)29-16-20-9-11-21(12-10-20)17-30-24(33)28-15-6-4-2/h9-12,19,22,27H,3-8,13-18H2,1-2H3,(H3,26,29,31)(H2,28,30,33). The fourth-order valence-corrected chi connectivity index (χ4v) is 4.18. The average molecular weight is 459 g/mol. The zero-order chi connectivity index (χ0) is 23.9. The first kappa shape index (κ1) is 26.6. The SMILES string of the molecule is CCCCNC(=O)NCc1ccc(CNC(=N)NC(C=O)(CCCC)C2CCCNC2)cc1. The number of hydrogen-bond donors (Lipinski definition) is 6. The molecule has 1 fully saturated rings. The number of carbonyl (C=O) groups is 2. The number of carbonyl (C=O) groups excluding carboxylic acids is 2. The van der Waals surface area contributed by atoms with Gasteiger partial charge < -0.3 is 31.4 Å².